The van der Waals surface area contributed by atoms with E-state index in [0.717, 1.165) is 16.9 Å². The van der Waals surface area contributed by atoms with E-state index in [9.17, 15) is 4.39 Å². The summed E-state index contributed by atoms with van der Waals surface area (Å²) in [5.74, 6) is 0.428. The van der Waals surface area contributed by atoms with Crippen molar-refractivity contribution in [1.29, 1.82) is 0 Å². The first kappa shape index (κ1) is 12.9. The van der Waals surface area contributed by atoms with Crippen LogP contribution in [0.15, 0.2) is 36.4 Å². The summed E-state index contributed by atoms with van der Waals surface area (Å²) in [4.78, 5) is 4.55. The zero-order chi connectivity index (χ0) is 14.3. The van der Waals surface area contributed by atoms with Crippen LogP contribution in [-0.4, -0.2) is 9.55 Å². The number of aryl methyl sites for hydroxylation is 1. The molecule has 0 aliphatic heterocycles. The van der Waals surface area contributed by atoms with Gasteiger partial charge in [0.25, 0.3) is 0 Å². The predicted octanol–water partition coefficient (Wildman–Crippen LogP) is 3.54. The van der Waals surface area contributed by atoms with Gasteiger partial charge in [-0.1, -0.05) is 23.7 Å². The average Bonchev–Trinajstić information content (AvgIpc) is 2.73. The Morgan fingerprint density at radius 1 is 1.30 bits per heavy atom. The number of hydrogen-bond acceptors (Lipinski definition) is 2. The van der Waals surface area contributed by atoms with Crippen molar-refractivity contribution in [2.45, 2.75) is 6.42 Å². The van der Waals surface area contributed by atoms with Gasteiger partial charge in [0.05, 0.1) is 21.7 Å². The van der Waals surface area contributed by atoms with Crippen molar-refractivity contribution >= 4 is 28.3 Å². The highest BCUT2D eigenvalue weighted by molar-refractivity contribution is 6.33. The Balaban J connectivity index is 2.08. The lowest BCUT2D eigenvalue weighted by molar-refractivity contribution is 0.626. The van der Waals surface area contributed by atoms with E-state index in [1.54, 1.807) is 0 Å². The van der Waals surface area contributed by atoms with Crippen LogP contribution in [0.4, 0.5) is 10.1 Å². The summed E-state index contributed by atoms with van der Waals surface area (Å²) in [5, 5.41) is 0.235. The zero-order valence-electron chi connectivity index (χ0n) is 10.9. The maximum absolute atomic E-state index is 13.4. The van der Waals surface area contributed by atoms with Crippen molar-refractivity contribution in [3.63, 3.8) is 0 Å². The summed E-state index contributed by atoms with van der Waals surface area (Å²) in [6.45, 7) is 0. The molecular formula is C15H13ClFN3. The van der Waals surface area contributed by atoms with E-state index in [1.165, 1.54) is 12.1 Å². The standard InChI is InChI=1S/C15H13ClFN3/c1-20-13-5-3-2-4-12(13)19-14(20)7-9-6-10(17)8-11(16)15(9)18/h2-6,8H,7,18H2,1H3. The molecule has 0 saturated heterocycles. The van der Waals surface area contributed by atoms with Crippen LogP contribution in [0, 0.1) is 5.82 Å². The first-order valence-corrected chi connectivity index (χ1v) is 6.58. The Bertz CT molecular complexity index is 795. The summed E-state index contributed by atoms with van der Waals surface area (Å²) in [7, 11) is 1.93. The minimum absolute atomic E-state index is 0.235. The fraction of sp³-hybridized carbons (Fsp3) is 0.133. The number of fused-ring (bicyclic) bond motifs is 1. The van der Waals surface area contributed by atoms with Crippen molar-refractivity contribution in [3.05, 3.63) is 58.6 Å². The predicted molar refractivity (Wildman–Crippen MR) is 79.3 cm³/mol. The minimum atomic E-state index is -0.391. The molecule has 0 aliphatic carbocycles. The van der Waals surface area contributed by atoms with Crippen molar-refractivity contribution in [1.82, 2.24) is 9.55 Å². The molecule has 0 fully saturated rings. The number of aromatic nitrogens is 2. The molecule has 5 heteroatoms. The van der Waals surface area contributed by atoms with Gasteiger partial charge in [0, 0.05) is 13.5 Å². The van der Waals surface area contributed by atoms with Crippen molar-refractivity contribution in [2.24, 2.45) is 7.05 Å². The van der Waals surface area contributed by atoms with Crippen LogP contribution in [0.3, 0.4) is 0 Å². The zero-order valence-corrected chi connectivity index (χ0v) is 11.7. The molecule has 2 aromatic carbocycles. The van der Waals surface area contributed by atoms with Gasteiger partial charge in [0.2, 0.25) is 0 Å². The van der Waals surface area contributed by atoms with E-state index in [0.29, 0.717) is 17.7 Å². The van der Waals surface area contributed by atoms with E-state index < -0.39 is 5.82 Å². The molecule has 1 heterocycles. The average molecular weight is 290 g/mol. The first-order chi connectivity index (χ1) is 9.56. The van der Waals surface area contributed by atoms with Crippen molar-refractivity contribution in [2.75, 3.05) is 5.73 Å². The van der Waals surface area contributed by atoms with Gasteiger partial charge in [-0.2, -0.15) is 0 Å². The van der Waals surface area contributed by atoms with Crippen LogP contribution in [-0.2, 0) is 13.5 Å². The molecule has 0 bridgehead atoms. The number of nitrogens with zero attached hydrogens (tertiary/aromatic N) is 2. The van der Waals surface area contributed by atoms with E-state index >= 15 is 0 Å². The number of para-hydroxylation sites is 2. The highest BCUT2D eigenvalue weighted by Crippen LogP contribution is 2.27. The molecule has 102 valence electrons. The summed E-state index contributed by atoms with van der Waals surface area (Å²) in [6, 6.07) is 10.5. The van der Waals surface area contributed by atoms with Crippen LogP contribution >= 0.6 is 11.6 Å². The van der Waals surface area contributed by atoms with E-state index in [2.05, 4.69) is 4.98 Å². The van der Waals surface area contributed by atoms with Gasteiger partial charge in [-0.25, -0.2) is 9.37 Å². The topological polar surface area (TPSA) is 43.8 Å². The lowest BCUT2D eigenvalue weighted by Gasteiger charge is -2.08. The monoisotopic (exact) mass is 289 g/mol. The third kappa shape index (κ3) is 2.12. The van der Waals surface area contributed by atoms with Gasteiger partial charge in [0.15, 0.2) is 0 Å². The van der Waals surface area contributed by atoms with Crippen LogP contribution < -0.4 is 5.73 Å². The third-order valence-corrected chi connectivity index (χ3v) is 3.72. The molecule has 1 aromatic heterocycles. The largest absolute Gasteiger partial charge is 0.397 e. The molecule has 0 unspecified atom stereocenters. The second-order valence-electron chi connectivity index (χ2n) is 4.71. The van der Waals surface area contributed by atoms with Crippen LogP contribution in [0.2, 0.25) is 5.02 Å². The number of benzene rings is 2. The lowest BCUT2D eigenvalue weighted by atomic mass is 10.1. The summed E-state index contributed by atoms with van der Waals surface area (Å²) >= 11 is 5.91. The van der Waals surface area contributed by atoms with E-state index in [-0.39, 0.29) is 5.02 Å². The van der Waals surface area contributed by atoms with Crippen molar-refractivity contribution in [3.8, 4) is 0 Å². The van der Waals surface area contributed by atoms with Gasteiger partial charge in [0.1, 0.15) is 11.6 Å². The Kier molecular flexibility index (Phi) is 3.10. The van der Waals surface area contributed by atoms with Gasteiger partial charge in [-0.05, 0) is 29.8 Å². The molecule has 3 rings (SSSR count). The number of anilines is 1. The summed E-state index contributed by atoms with van der Waals surface area (Å²) < 4.78 is 15.4. The van der Waals surface area contributed by atoms with Crippen LogP contribution in [0.5, 0.6) is 0 Å². The van der Waals surface area contributed by atoms with Crippen LogP contribution in [0.1, 0.15) is 11.4 Å². The van der Waals surface area contributed by atoms with Crippen LogP contribution in [0.25, 0.3) is 11.0 Å². The molecule has 0 aliphatic rings. The lowest BCUT2D eigenvalue weighted by Crippen LogP contribution is -2.03. The van der Waals surface area contributed by atoms with E-state index in [4.69, 9.17) is 17.3 Å². The SMILES string of the molecule is Cn1c(Cc2cc(F)cc(Cl)c2N)nc2ccccc21. The highest BCUT2D eigenvalue weighted by Gasteiger charge is 2.12. The van der Waals surface area contributed by atoms with Crippen molar-refractivity contribution < 1.29 is 4.39 Å². The molecule has 0 radical (unpaired) electrons. The van der Waals surface area contributed by atoms with Gasteiger partial charge in [-0.15, -0.1) is 0 Å². The Hall–Kier alpha value is -2.07. The molecular weight excluding hydrogens is 277 g/mol. The fourth-order valence-corrected chi connectivity index (χ4v) is 2.53. The molecule has 20 heavy (non-hydrogen) atoms. The van der Waals surface area contributed by atoms with Gasteiger partial charge >= 0.3 is 0 Å². The molecule has 2 N–H and O–H groups in total. The first-order valence-electron chi connectivity index (χ1n) is 6.20. The number of imidazole rings is 1. The second kappa shape index (κ2) is 4.80. The number of nitrogen functional groups attached to an aromatic ring is 1. The normalized spacial score (nSPS) is 11.2. The molecule has 0 spiro atoms. The Morgan fingerprint density at radius 2 is 2.05 bits per heavy atom. The third-order valence-electron chi connectivity index (χ3n) is 3.41. The number of halogens is 2. The van der Waals surface area contributed by atoms with E-state index in [1.807, 2.05) is 35.9 Å². The Labute approximate surface area is 120 Å². The fourth-order valence-electron chi connectivity index (χ4n) is 2.31. The summed E-state index contributed by atoms with van der Waals surface area (Å²) in [5.41, 5.74) is 8.90. The highest BCUT2D eigenvalue weighted by atomic mass is 35.5. The maximum atomic E-state index is 13.4. The minimum Gasteiger partial charge on any atom is -0.397 e. The summed E-state index contributed by atoms with van der Waals surface area (Å²) in [6.07, 6.45) is 0.439. The van der Waals surface area contributed by atoms with Gasteiger partial charge in [-0.3, -0.25) is 0 Å². The molecule has 3 nitrogen and oxygen atoms in total. The second-order valence-corrected chi connectivity index (χ2v) is 5.12. The maximum Gasteiger partial charge on any atom is 0.125 e. The Morgan fingerprint density at radius 3 is 2.80 bits per heavy atom. The molecule has 3 aromatic rings. The smallest absolute Gasteiger partial charge is 0.125 e. The number of rotatable bonds is 2. The quantitative estimate of drug-likeness (QED) is 0.733. The molecule has 0 amide bonds. The number of hydrogen-bond donors (Lipinski definition) is 1. The van der Waals surface area contributed by atoms with Gasteiger partial charge < -0.3 is 10.3 Å². The number of nitrogens with two attached hydrogens (primary N) is 1. The molecule has 0 saturated carbocycles. The molecule has 0 atom stereocenters.